The number of carbonyl (C=O) groups excluding carboxylic acids is 1. The molecule has 1 saturated heterocycles. The van der Waals surface area contributed by atoms with E-state index in [4.69, 9.17) is 0 Å². The molecule has 2 aromatic carbocycles. The minimum Gasteiger partial charge on any atom is -0.306 e. The number of likely N-dealkylation sites (tertiary alicyclic amines) is 1. The Kier molecular flexibility index (Phi) is 3.46. The quantitative estimate of drug-likeness (QED) is 0.806. The lowest BCUT2D eigenvalue weighted by Crippen LogP contribution is -2.47. The minimum absolute atomic E-state index is 0.132. The highest BCUT2D eigenvalue weighted by Crippen LogP contribution is 2.45. The average molecular weight is 306 g/mol. The first-order valence-electron chi connectivity index (χ1n) is 8.33. The Balaban J connectivity index is 1.79. The molecule has 0 spiro atoms. The van der Waals surface area contributed by atoms with Crippen molar-refractivity contribution in [2.24, 2.45) is 0 Å². The molecule has 118 valence electrons. The molecule has 2 atom stereocenters. The highest BCUT2D eigenvalue weighted by Gasteiger charge is 2.43. The van der Waals surface area contributed by atoms with E-state index in [2.05, 4.69) is 42.0 Å². The summed E-state index contributed by atoms with van der Waals surface area (Å²) < 4.78 is 0. The number of piperidine rings is 1. The number of rotatable bonds is 1. The normalized spacial score (nSPS) is 23.5. The van der Waals surface area contributed by atoms with Crippen molar-refractivity contribution in [1.29, 1.82) is 0 Å². The van der Waals surface area contributed by atoms with Gasteiger partial charge < -0.3 is 9.80 Å². The van der Waals surface area contributed by atoms with E-state index < -0.39 is 0 Å². The van der Waals surface area contributed by atoms with E-state index in [-0.39, 0.29) is 11.9 Å². The van der Waals surface area contributed by atoms with Crippen LogP contribution in [0.25, 0.3) is 0 Å². The molecule has 1 fully saturated rings. The lowest BCUT2D eigenvalue weighted by atomic mass is 9.88. The van der Waals surface area contributed by atoms with Crippen LogP contribution in [0.2, 0.25) is 0 Å². The molecule has 0 N–H and O–H groups in total. The molecular formula is C20H22N2O. The molecule has 2 heterocycles. The molecule has 2 aromatic rings. The average Bonchev–Trinajstić information content (AvgIpc) is 2.88. The summed E-state index contributed by atoms with van der Waals surface area (Å²) in [7, 11) is 2.17. The van der Waals surface area contributed by atoms with E-state index in [1.807, 2.05) is 30.3 Å². The number of hydrogen-bond acceptors (Lipinski definition) is 2. The van der Waals surface area contributed by atoms with Crippen molar-refractivity contribution < 1.29 is 4.79 Å². The minimum atomic E-state index is 0.132. The summed E-state index contributed by atoms with van der Waals surface area (Å²) in [5.41, 5.74) is 4.49. The zero-order valence-electron chi connectivity index (χ0n) is 13.7. The molecule has 0 aromatic heterocycles. The van der Waals surface area contributed by atoms with Gasteiger partial charge in [0.05, 0.1) is 0 Å². The first-order chi connectivity index (χ1) is 11.1. The number of carbonyl (C=O) groups is 1. The predicted molar refractivity (Wildman–Crippen MR) is 93.1 cm³/mol. The second kappa shape index (κ2) is 5.50. The summed E-state index contributed by atoms with van der Waals surface area (Å²) in [5, 5.41) is 0. The van der Waals surface area contributed by atoms with Crippen LogP contribution >= 0.6 is 0 Å². The molecule has 3 heteroatoms. The van der Waals surface area contributed by atoms with Crippen molar-refractivity contribution >= 4 is 11.6 Å². The topological polar surface area (TPSA) is 23.6 Å². The summed E-state index contributed by atoms with van der Waals surface area (Å²) in [6, 6.07) is 16.5. The van der Waals surface area contributed by atoms with E-state index in [0.717, 1.165) is 30.8 Å². The first-order valence-corrected chi connectivity index (χ1v) is 8.33. The van der Waals surface area contributed by atoms with Crippen LogP contribution in [0.1, 0.15) is 33.8 Å². The maximum atomic E-state index is 13.1. The van der Waals surface area contributed by atoms with Crippen molar-refractivity contribution in [2.45, 2.75) is 25.3 Å². The van der Waals surface area contributed by atoms with Crippen LogP contribution in [0.5, 0.6) is 0 Å². The first kappa shape index (κ1) is 14.5. The van der Waals surface area contributed by atoms with Gasteiger partial charge in [0, 0.05) is 29.8 Å². The Hall–Kier alpha value is -2.13. The smallest absolute Gasteiger partial charge is 0.258 e. The van der Waals surface area contributed by atoms with Crippen molar-refractivity contribution in [3.8, 4) is 0 Å². The van der Waals surface area contributed by atoms with E-state index in [1.54, 1.807) is 0 Å². The highest BCUT2D eigenvalue weighted by molar-refractivity contribution is 6.08. The van der Waals surface area contributed by atoms with Gasteiger partial charge in [-0.15, -0.1) is 0 Å². The molecule has 2 unspecified atom stereocenters. The number of aryl methyl sites for hydroxylation is 1. The molecule has 0 radical (unpaired) electrons. The molecule has 0 aliphatic carbocycles. The summed E-state index contributed by atoms with van der Waals surface area (Å²) in [6.45, 7) is 4.20. The third kappa shape index (κ3) is 2.36. The number of anilines is 1. The van der Waals surface area contributed by atoms with Gasteiger partial charge in [0.25, 0.3) is 5.91 Å². The fourth-order valence-electron chi connectivity index (χ4n) is 4.07. The zero-order chi connectivity index (χ0) is 16.0. The number of fused-ring (bicyclic) bond motifs is 3. The lowest BCUT2D eigenvalue weighted by Gasteiger charge is -2.36. The summed E-state index contributed by atoms with van der Waals surface area (Å²) in [4.78, 5) is 17.6. The van der Waals surface area contributed by atoms with Crippen molar-refractivity contribution in [1.82, 2.24) is 4.90 Å². The Morgan fingerprint density at radius 2 is 1.91 bits per heavy atom. The number of amides is 1. The van der Waals surface area contributed by atoms with Crippen LogP contribution in [0.15, 0.2) is 48.5 Å². The fraction of sp³-hybridized carbons (Fsp3) is 0.350. The van der Waals surface area contributed by atoms with Gasteiger partial charge >= 0.3 is 0 Å². The fourth-order valence-corrected chi connectivity index (χ4v) is 4.07. The van der Waals surface area contributed by atoms with E-state index in [9.17, 15) is 4.79 Å². The Labute approximate surface area is 137 Å². The monoisotopic (exact) mass is 306 g/mol. The lowest BCUT2D eigenvalue weighted by molar-refractivity contribution is 0.0964. The molecule has 1 amide bonds. The summed E-state index contributed by atoms with van der Waals surface area (Å²) in [5.74, 6) is 0.559. The van der Waals surface area contributed by atoms with E-state index >= 15 is 0 Å². The molecular weight excluding hydrogens is 284 g/mol. The van der Waals surface area contributed by atoms with Crippen LogP contribution in [-0.2, 0) is 0 Å². The third-order valence-electron chi connectivity index (χ3n) is 5.19. The predicted octanol–water partition coefficient (Wildman–Crippen LogP) is 3.44. The van der Waals surface area contributed by atoms with Crippen molar-refractivity contribution in [2.75, 3.05) is 25.0 Å². The second-order valence-electron chi connectivity index (χ2n) is 6.83. The van der Waals surface area contributed by atoms with Crippen LogP contribution in [0.3, 0.4) is 0 Å². The van der Waals surface area contributed by atoms with Crippen molar-refractivity contribution in [3.05, 3.63) is 65.2 Å². The molecule has 4 rings (SSSR count). The molecule has 3 nitrogen and oxygen atoms in total. The largest absolute Gasteiger partial charge is 0.306 e. The zero-order valence-corrected chi connectivity index (χ0v) is 13.7. The Morgan fingerprint density at radius 1 is 1.13 bits per heavy atom. The van der Waals surface area contributed by atoms with Crippen LogP contribution in [0.4, 0.5) is 5.69 Å². The number of likely N-dealkylation sites (N-methyl/N-ethyl adjacent to an activating group) is 1. The molecule has 23 heavy (non-hydrogen) atoms. The highest BCUT2D eigenvalue weighted by atomic mass is 16.2. The van der Waals surface area contributed by atoms with Gasteiger partial charge in [-0.3, -0.25) is 4.79 Å². The van der Waals surface area contributed by atoms with Gasteiger partial charge in [-0.05, 0) is 50.7 Å². The molecule has 2 aliphatic heterocycles. The number of benzene rings is 2. The summed E-state index contributed by atoms with van der Waals surface area (Å²) >= 11 is 0. The molecule has 2 aliphatic rings. The number of nitrogens with zero attached hydrogens (tertiary/aromatic N) is 2. The van der Waals surface area contributed by atoms with Gasteiger partial charge in [0.1, 0.15) is 0 Å². The second-order valence-corrected chi connectivity index (χ2v) is 6.83. The third-order valence-corrected chi connectivity index (χ3v) is 5.19. The standard InChI is InChI=1S/C20H22N2O/c1-14-8-9-18-16(12-14)17-13-21(2)11-10-19(17)22(18)20(23)15-6-4-3-5-7-15/h3-9,12,17,19H,10-11,13H2,1-2H3. The maximum absolute atomic E-state index is 13.1. The van der Waals surface area contributed by atoms with Gasteiger partial charge in [-0.2, -0.15) is 0 Å². The Bertz CT molecular complexity index is 741. The Morgan fingerprint density at radius 3 is 2.70 bits per heavy atom. The van der Waals surface area contributed by atoms with E-state index in [0.29, 0.717) is 5.92 Å². The van der Waals surface area contributed by atoms with Crippen molar-refractivity contribution in [3.63, 3.8) is 0 Å². The SMILES string of the molecule is Cc1ccc2c(c1)C1CN(C)CCC1N2C(=O)c1ccccc1. The molecule has 0 saturated carbocycles. The van der Waals surface area contributed by atoms with Crippen LogP contribution < -0.4 is 4.90 Å². The van der Waals surface area contributed by atoms with Gasteiger partial charge in [-0.1, -0.05) is 35.9 Å². The van der Waals surface area contributed by atoms with Gasteiger partial charge in [0.15, 0.2) is 0 Å². The van der Waals surface area contributed by atoms with Crippen LogP contribution in [-0.4, -0.2) is 37.0 Å². The maximum Gasteiger partial charge on any atom is 0.258 e. The van der Waals surface area contributed by atoms with E-state index in [1.165, 1.54) is 11.1 Å². The van der Waals surface area contributed by atoms with Crippen LogP contribution in [0, 0.1) is 6.92 Å². The number of hydrogen-bond donors (Lipinski definition) is 0. The van der Waals surface area contributed by atoms with Gasteiger partial charge in [0.2, 0.25) is 0 Å². The molecule has 0 bridgehead atoms. The van der Waals surface area contributed by atoms with Gasteiger partial charge in [-0.25, -0.2) is 0 Å². The summed E-state index contributed by atoms with van der Waals surface area (Å²) in [6.07, 6.45) is 1.04.